The molecule has 0 unspecified atom stereocenters. The molecule has 0 bridgehead atoms. The average molecular weight is 782 g/mol. The Labute approximate surface area is 360 Å². The third kappa shape index (κ3) is 5.91. The van der Waals surface area contributed by atoms with Crippen molar-refractivity contribution in [3.63, 3.8) is 0 Å². The van der Waals surface area contributed by atoms with E-state index in [0.717, 1.165) is 17.1 Å². The number of benzene rings is 9. The fourth-order valence-electron chi connectivity index (χ4n) is 10.4. The second-order valence-electron chi connectivity index (χ2n) is 17.7. The van der Waals surface area contributed by atoms with E-state index in [4.69, 9.17) is 0 Å². The van der Waals surface area contributed by atoms with Crippen molar-refractivity contribution >= 4 is 17.1 Å². The van der Waals surface area contributed by atoms with Gasteiger partial charge in [-0.1, -0.05) is 204 Å². The number of fused-ring (bicyclic) bond motifs is 6. The van der Waals surface area contributed by atoms with Crippen molar-refractivity contribution in [1.29, 1.82) is 0 Å². The Morgan fingerprint density at radius 2 is 0.754 bits per heavy atom. The van der Waals surface area contributed by atoms with Gasteiger partial charge < -0.3 is 4.90 Å². The summed E-state index contributed by atoms with van der Waals surface area (Å²) in [5, 5.41) is 0. The molecule has 11 rings (SSSR count). The average Bonchev–Trinajstić information content (AvgIpc) is 3.69. The number of hydrogen-bond acceptors (Lipinski definition) is 1. The Morgan fingerprint density at radius 3 is 1.49 bits per heavy atom. The molecule has 2 aliphatic carbocycles. The lowest BCUT2D eigenvalue weighted by Gasteiger charge is -2.31. The molecule has 292 valence electrons. The molecule has 9 aromatic rings. The molecule has 0 radical (unpaired) electrons. The monoisotopic (exact) mass is 781 g/mol. The first kappa shape index (κ1) is 36.8. The fourth-order valence-corrected chi connectivity index (χ4v) is 10.4. The molecule has 0 saturated heterocycles. The van der Waals surface area contributed by atoms with Crippen molar-refractivity contribution in [3.05, 3.63) is 235 Å². The molecule has 0 aliphatic heterocycles. The van der Waals surface area contributed by atoms with Crippen LogP contribution in [0.25, 0.3) is 66.8 Å². The van der Waals surface area contributed by atoms with E-state index in [-0.39, 0.29) is 10.8 Å². The van der Waals surface area contributed by atoms with E-state index in [1.54, 1.807) is 0 Å². The summed E-state index contributed by atoms with van der Waals surface area (Å²) in [5.41, 5.74) is 23.5. The summed E-state index contributed by atoms with van der Waals surface area (Å²) >= 11 is 0. The van der Waals surface area contributed by atoms with Crippen LogP contribution in [0, 0.1) is 0 Å². The topological polar surface area (TPSA) is 3.24 Å². The molecule has 0 spiro atoms. The van der Waals surface area contributed by atoms with E-state index in [1.807, 2.05) is 0 Å². The molecule has 0 N–H and O–H groups in total. The summed E-state index contributed by atoms with van der Waals surface area (Å²) in [6.07, 6.45) is 0. The lowest BCUT2D eigenvalue weighted by atomic mass is 9.81. The van der Waals surface area contributed by atoms with Crippen LogP contribution in [0.4, 0.5) is 17.1 Å². The van der Waals surface area contributed by atoms with Crippen LogP contribution < -0.4 is 4.90 Å². The zero-order chi connectivity index (χ0) is 41.3. The van der Waals surface area contributed by atoms with Crippen LogP contribution >= 0.6 is 0 Å². The molecule has 9 aromatic carbocycles. The smallest absolute Gasteiger partial charge is 0.0546 e. The third-order valence-electron chi connectivity index (χ3n) is 13.5. The first-order valence-corrected chi connectivity index (χ1v) is 21.5. The molecular formula is C60H47N. The van der Waals surface area contributed by atoms with Crippen LogP contribution in [0.2, 0.25) is 0 Å². The minimum atomic E-state index is -0.150. The standard InChI is InChI=1S/C60H47N/c1-59(2)53-29-14-12-25-50(53)57-51(27-16-30-54(57)59)58-47(44-23-15-22-43(38-44)41-20-9-6-10-21-41)26-17-31-56(58)61(45-34-32-42(33-35-45)40-18-7-5-8-19-40)46-36-37-49-48-24-11-13-28-52(48)60(3,4)55(49)39-46/h5-39H,1-4H3. The van der Waals surface area contributed by atoms with Gasteiger partial charge >= 0.3 is 0 Å². The molecule has 1 heteroatoms. The van der Waals surface area contributed by atoms with Crippen molar-refractivity contribution in [2.45, 2.75) is 38.5 Å². The van der Waals surface area contributed by atoms with Gasteiger partial charge in [0.1, 0.15) is 0 Å². The predicted octanol–water partition coefficient (Wildman–Crippen LogP) is 16.4. The molecule has 0 atom stereocenters. The van der Waals surface area contributed by atoms with E-state index < -0.39 is 0 Å². The van der Waals surface area contributed by atoms with Crippen LogP contribution in [0.5, 0.6) is 0 Å². The highest BCUT2D eigenvalue weighted by atomic mass is 15.1. The second kappa shape index (κ2) is 14.2. The zero-order valence-corrected chi connectivity index (χ0v) is 35.2. The third-order valence-corrected chi connectivity index (χ3v) is 13.5. The highest BCUT2D eigenvalue weighted by Crippen LogP contribution is 2.56. The molecule has 0 heterocycles. The van der Waals surface area contributed by atoms with Gasteiger partial charge in [0.25, 0.3) is 0 Å². The van der Waals surface area contributed by atoms with Crippen LogP contribution in [-0.4, -0.2) is 0 Å². The Balaban J connectivity index is 1.20. The lowest BCUT2D eigenvalue weighted by Crippen LogP contribution is -2.17. The van der Waals surface area contributed by atoms with E-state index >= 15 is 0 Å². The van der Waals surface area contributed by atoms with Crippen molar-refractivity contribution in [2.24, 2.45) is 0 Å². The quantitative estimate of drug-likeness (QED) is 0.156. The summed E-state index contributed by atoms with van der Waals surface area (Å²) in [6, 6.07) is 78.7. The van der Waals surface area contributed by atoms with E-state index in [2.05, 4.69) is 245 Å². The highest BCUT2D eigenvalue weighted by molar-refractivity contribution is 6.04. The van der Waals surface area contributed by atoms with E-state index in [9.17, 15) is 0 Å². The minimum Gasteiger partial charge on any atom is -0.310 e. The van der Waals surface area contributed by atoms with Gasteiger partial charge in [-0.3, -0.25) is 0 Å². The van der Waals surface area contributed by atoms with Crippen LogP contribution in [0.1, 0.15) is 49.9 Å². The van der Waals surface area contributed by atoms with Gasteiger partial charge in [-0.15, -0.1) is 0 Å². The second-order valence-corrected chi connectivity index (χ2v) is 17.7. The lowest BCUT2D eigenvalue weighted by molar-refractivity contribution is 0.660. The van der Waals surface area contributed by atoms with Gasteiger partial charge in [-0.2, -0.15) is 0 Å². The zero-order valence-electron chi connectivity index (χ0n) is 35.2. The summed E-state index contributed by atoms with van der Waals surface area (Å²) in [6.45, 7) is 9.50. The Morgan fingerprint density at radius 1 is 0.279 bits per heavy atom. The van der Waals surface area contributed by atoms with Gasteiger partial charge in [-0.25, -0.2) is 0 Å². The van der Waals surface area contributed by atoms with Gasteiger partial charge in [0, 0.05) is 27.8 Å². The highest BCUT2D eigenvalue weighted by Gasteiger charge is 2.39. The Bertz CT molecular complexity index is 3120. The molecule has 0 saturated carbocycles. The van der Waals surface area contributed by atoms with Crippen LogP contribution in [-0.2, 0) is 10.8 Å². The van der Waals surface area contributed by atoms with Crippen molar-refractivity contribution in [2.75, 3.05) is 4.90 Å². The van der Waals surface area contributed by atoms with Gasteiger partial charge in [-0.05, 0) is 120 Å². The molecule has 1 nitrogen and oxygen atoms in total. The first-order chi connectivity index (χ1) is 29.8. The number of hydrogen-bond donors (Lipinski definition) is 0. The summed E-state index contributed by atoms with van der Waals surface area (Å²) in [5.74, 6) is 0. The summed E-state index contributed by atoms with van der Waals surface area (Å²) in [7, 11) is 0. The van der Waals surface area contributed by atoms with Gasteiger partial charge in [0.2, 0.25) is 0 Å². The Kier molecular flexibility index (Phi) is 8.58. The van der Waals surface area contributed by atoms with Crippen molar-refractivity contribution in [3.8, 4) is 66.8 Å². The number of rotatable bonds is 7. The predicted molar refractivity (Wildman–Crippen MR) is 258 cm³/mol. The maximum Gasteiger partial charge on any atom is 0.0546 e. The molecule has 0 aromatic heterocycles. The van der Waals surface area contributed by atoms with E-state index in [0.29, 0.717) is 0 Å². The summed E-state index contributed by atoms with van der Waals surface area (Å²) in [4.78, 5) is 2.51. The molecular weight excluding hydrogens is 735 g/mol. The molecule has 2 aliphatic rings. The first-order valence-electron chi connectivity index (χ1n) is 21.5. The number of anilines is 3. The van der Waals surface area contributed by atoms with Gasteiger partial charge in [0.05, 0.1) is 5.69 Å². The number of nitrogens with zero attached hydrogens (tertiary/aromatic N) is 1. The van der Waals surface area contributed by atoms with E-state index in [1.165, 1.54) is 89.0 Å². The van der Waals surface area contributed by atoms with Crippen LogP contribution in [0.3, 0.4) is 0 Å². The van der Waals surface area contributed by atoms with Crippen LogP contribution in [0.15, 0.2) is 212 Å². The maximum absolute atomic E-state index is 2.51. The SMILES string of the molecule is CC1(C)c2ccccc2-c2ccc(N(c3ccc(-c4ccccc4)cc3)c3cccc(-c4cccc(-c5ccccc5)c4)c3-c3cccc4c3-c3ccccc3C4(C)C)cc21. The van der Waals surface area contributed by atoms with Crippen molar-refractivity contribution < 1.29 is 0 Å². The molecule has 0 amide bonds. The maximum atomic E-state index is 2.51. The van der Waals surface area contributed by atoms with Gasteiger partial charge in [0.15, 0.2) is 0 Å². The fraction of sp³-hybridized carbons (Fsp3) is 0.100. The normalized spacial score (nSPS) is 13.8. The van der Waals surface area contributed by atoms with Crippen molar-refractivity contribution in [1.82, 2.24) is 0 Å². The summed E-state index contributed by atoms with van der Waals surface area (Å²) < 4.78 is 0. The molecule has 61 heavy (non-hydrogen) atoms. The largest absolute Gasteiger partial charge is 0.310 e. The Hall–Kier alpha value is -7.22. The molecule has 0 fully saturated rings. The minimum absolute atomic E-state index is 0.141.